The van der Waals surface area contributed by atoms with E-state index in [2.05, 4.69) is 15.8 Å². The van der Waals surface area contributed by atoms with E-state index in [9.17, 15) is 9.59 Å². The molecule has 3 heterocycles. The predicted octanol–water partition coefficient (Wildman–Crippen LogP) is 1.27. The molecule has 2 saturated heterocycles. The number of hydrogen-bond acceptors (Lipinski definition) is 5. The summed E-state index contributed by atoms with van der Waals surface area (Å²) in [6, 6.07) is 1.86. The highest BCUT2D eigenvalue weighted by Crippen LogP contribution is 2.40. The lowest BCUT2D eigenvalue weighted by Crippen LogP contribution is -2.50. The lowest BCUT2D eigenvalue weighted by atomic mass is 9.96. The predicted molar refractivity (Wildman–Crippen MR) is 91.1 cm³/mol. The average molecular weight is 346 g/mol. The molecular weight excluding hydrogens is 320 g/mol. The molecule has 2 amide bonds. The zero-order valence-electron chi connectivity index (χ0n) is 14.5. The van der Waals surface area contributed by atoms with Gasteiger partial charge in [0.05, 0.1) is 5.92 Å². The number of amides is 2. The molecule has 0 aromatic carbocycles. The van der Waals surface area contributed by atoms with Gasteiger partial charge in [0.1, 0.15) is 5.76 Å². The Hall–Kier alpha value is -1.89. The minimum Gasteiger partial charge on any atom is -0.360 e. The van der Waals surface area contributed by atoms with Crippen LogP contribution in [-0.4, -0.2) is 54.1 Å². The zero-order valence-corrected chi connectivity index (χ0v) is 14.5. The number of aromatic nitrogens is 1. The van der Waals surface area contributed by atoms with Gasteiger partial charge in [-0.1, -0.05) is 5.16 Å². The Kier molecular flexibility index (Phi) is 4.74. The second-order valence-corrected chi connectivity index (χ2v) is 7.51. The summed E-state index contributed by atoms with van der Waals surface area (Å²) in [4.78, 5) is 26.8. The topological polar surface area (TPSA) is 87.5 Å². The molecule has 1 unspecified atom stereocenters. The molecule has 7 heteroatoms. The van der Waals surface area contributed by atoms with Gasteiger partial charge in [-0.05, 0) is 45.1 Å². The molecular formula is C18H26N4O3. The van der Waals surface area contributed by atoms with Crippen LogP contribution in [0.4, 0.5) is 0 Å². The van der Waals surface area contributed by atoms with E-state index in [1.807, 2.05) is 4.90 Å². The first-order valence-electron chi connectivity index (χ1n) is 9.47. The number of likely N-dealkylation sites (tertiary alicyclic amines) is 1. The Balaban J connectivity index is 1.25. The Morgan fingerprint density at radius 3 is 2.68 bits per heavy atom. The molecule has 0 bridgehead atoms. The fraction of sp³-hybridized carbons (Fsp3) is 0.722. The summed E-state index contributed by atoms with van der Waals surface area (Å²) in [5, 5.41) is 10.2. The Morgan fingerprint density at radius 1 is 1.20 bits per heavy atom. The first kappa shape index (κ1) is 16.6. The van der Waals surface area contributed by atoms with E-state index in [1.165, 1.54) is 0 Å². The maximum absolute atomic E-state index is 12.6. The van der Waals surface area contributed by atoms with Crippen molar-refractivity contribution in [2.45, 2.75) is 50.5 Å². The quantitative estimate of drug-likeness (QED) is 0.857. The smallest absolute Gasteiger partial charge is 0.273 e. The Labute approximate surface area is 147 Å². The van der Waals surface area contributed by atoms with Crippen LogP contribution < -0.4 is 10.6 Å². The van der Waals surface area contributed by atoms with E-state index in [1.54, 1.807) is 6.07 Å². The van der Waals surface area contributed by atoms with Gasteiger partial charge in [-0.15, -0.1) is 0 Å². The molecule has 25 heavy (non-hydrogen) atoms. The van der Waals surface area contributed by atoms with Gasteiger partial charge >= 0.3 is 0 Å². The standard InChI is InChI=1S/C18H26N4O3/c23-17(15-10-16(25-21-15)12-3-4-12)20-14-5-8-22(9-6-14)18(24)13-2-1-7-19-11-13/h10,12-14,19H,1-9,11H2,(H,20,23). The van der Waals surface area contributed by atoms with Crippen LogP contribution in [0.2, 0.25) is 0 Å². The van der Waals surface area contributed by atoms with Gasteiger partial charge in [-0.2, -0.15) is 0 Å². The third kappa shape index (κ3) is 3.86. The minimum atomic E-state index is -0.170. The van der Waals surface area contributed by atoms with Crippen LogP contribution in [-0.2, 0) is 4.79 Å². The van der Waals surface area contributed by atoms with E-state index in [-0.39, 0.29) is 23.8 Å². The van der Waals surface area contributed by atoms with Crippen molar-refractivity contribution in [3.63, 3.8) is 0 Å². The highest BCUT2D eigenvalue weighted by Gasteiger charge is 2.31. The SMILES string of the molecule is O=C(NC1CCN(C(=O)C2CCCNC2)CC1)c1cc(C2CC2)on1. The second kappa shape index (κ2) is 7.15. The van der Waals surface area contributed by atoms with E-state index in [4.69, 9.17) is 4.52 Å². The van der Waals surface area contributed by atoms with E-state index < -0.39 is 0 Å². The summed E-state index contributed by atoms with van der Waals surface area (Å²) in [5.74, 6) is 1.50. The van der Waals surface area contributed by atoms with E-state index in [0.717, 1.165) is 57.4 Å². The molecule has 1 atom stereocenters. The van der Waals surface area contributed by atoms with Gasteiger partial charge in [0, 0.05) is 37.7 Å². The molecule has 2 aliphatic heterocycles. The monoisotopic (exact) mass is 346 g/mol. The molecule has 0 radical (unpaired) electrons. The van der Waals surface area contributed by atoms with Crippen LogP contribution in [0.15, 0.2) is 10.6 Å². The maximum atomic E-state index is 12.6. The van der Waals surface area contributed by atoms with Crippen molar-refractivity contribution in [3.05, 3.63) is 17.5 Å². The molecule has 1 aromatic heterocycles. The molecule has 1 aromatic rings. The summed E-state index contributed by atoms with van der Waals surface area (Å²) in [6.45, 7) is 3.24. The van der Waals surface area contributed by atoms with Crippen molar-refractivity contribution >= 4 is 11.8 Å². The van der Waals surface area contributed by atoms with Gasteiger partial charge in [0.25, 0.3) is 5.91 Å². The number of nitrogens with zero attached hydrogens (tertiary/aromatic N) is 2. The first-order valence-corrected chi connectivity index (χ1v) is 9.47. The third-order valence-corrected chi connectivity index (χ3v) is 5.53. The zero-order chi connectivity index (χ0) is 17.2. The van der Waals surface area contributed by atoms with Crippen LogP contribution >= 0.6 is 0 Å². The summed E-state index contributed by atoms with van der Waals surface area (Å²) < 4.78 is 5.24. The summed E-state index contributed by atoms with van der Waals surface area (Å²) >= 11 is 0. The van der Waals surface area contributed by atoms with Crippen molar-refractivity contribution in [2.75, 3.05) is 26.2 Å². The number of carbonyl (C=O) groups is 2. The van der Waals surface area contributed by atoms with Crippen molar-refractivity contribution in [1.29, 1.82) is 0 Å². The van der Waals surface area contributed by atoms with Gasteiger partial charge < -0.3 is 20.1 Å². The van der Waals surface area contributed by atoms with E-state index >= 15 is 0 Å². The fourth-order valence-electron chi connectivity index (χ4n) is 3.78. The van der Waals surface area contributed by atoms with Crippen LogP contribution in [0.5, 0.6) is 0 Å². The van der Waals surface area contributed by atoms with Gasteiger partial charge in [0.15, 0.2) is 5.69 Å². The summed E-state index contributed by atoms with van der Waals surface area (Å²) in [6.07, 6.45) is 5.90. The number of hydrogen-bond donors (Lipinski definition) is 2. The Morgan fingerprint density at radius 2 is 2.00 bits per heavy atom. The molecule has 136 valence electrons. The molecule has 3 aliphatic rings. The molecule has 1 saturated carbocycles. The Bertz CT molecular complexity index is 626. The molecule has 3 fully saturated rings. The molecule has 2 N–H and O–H groups in total. The van der Waals surface area contributed by atoms with Crippen LogP contribution in [0.1, 0.15) is 60.7 Å². The normalized spacial score (nSPS) is 25.0. The van der Waals surface area contributed by atoms with Crippen LogP contribution in [0.25, 0.3) is 0 Å². The summed E-state index contributed by atoms with van der Waals surface area (Å²) in [7, 11) is 0. The van der Waals surface area contributed by atoms with Gasteiger partial charge in [0.2, 0.25) is 5.91 Å². The van der Waals surface area contributed by atoms with Crippen molar-refractivity contribution in [2.24, 2.45) is 5.92 Å². The fourth-order valence-corrected chi connectivity index (χ4v) is 3.78. The maximum Gasteiger partial charge on any atom is 0.273 e. The number of rotatable bonds is 4. The molecule has 1 aliphatic carbocycles. The van der Waals surface area contributed by atoms with Crippen molar-refractivity contribution in [3.8, 4) is 0 Å². The average Bonchev–Trinajstić information content (AvgIpc) is 3.39. The molecule has 0 spiro atoms. The number of nitrogens with one attached hydrogen (secondary N) is 2. The highest BCUT2D eigenvalue weighted by atomic mass is 16.5. The second-order valence-electron chi connectivity index (χ2n) is 7.51. The first-order chi connectivity index (χ1) is 12.2. The third-order valence-electron chi connectivity index (χ3n) is 5.53. The number of carbonyl (C=O) groups excluding carboxylic acids is 2. The van der Waals surface area contributed by atoms with Crippen LogP contribution in [0, 0.1) is 5.92 Å². The number of piperidine rings is 2. The molecule has 7 nitrogen and oxygen atoms in total. The highest BCUT2D eigenvalue weighted by molar-refractivity contribution is 5.92. The summed E-state index contributed by atoms with van der Waals surface area (Å²) in [5.41, 5.74) is 0.369. The molecule has 4 rings (SSSR count). The van der Waals surface area contributed by atoms with Crippen molar-refractivity contribution < 1.29 is 14.1 Å². The van der Waals surface area contributed by atoms with E-state index in [0.29, 0.717) is 24.7 Å². The van der Waals surface area contributed by atoms with Crippen LogP contribution in [0.3, 0.4) is 0 Å². The largest absolute Gasteiger partial charge is 0.360 e. The lowest BCUT2D eigenvalue weighted by Gasteiger charge is -2.35. The van der Waals surface area contributed by atoms with Crippen molar-refractivity contribution in [1.82, 2.24) is 20.7 Å². The minimum absolute atomic E-state index is 0.0992. The lowest BCUT2D eigenvalue weighted by molar-refractivity contribution is -0.137. The van der Waals surface area contributed by atoms with Gasteiger partial charge in [-0.25, -0.2) is 0 Å². The van der Waals surface area contributed by atoms with Gasteiger partial charge in [-0.3, -0.25) is 9.59 Å².